The molecule has 0 aromatic carbocycles. The number of alkyl halides is 3. The van der Waals surface area contributed by atoms with Crippen molar-refractivity contribution >= 4 is 11.6 Å². The Labute approximate surface area is 165 Å². The molecule has 0 radical (unpaired) electrons. The van der Waals surface area contributed by atoms with E-state index in [1.807, 2.05) is 0 Å². The molecule has 2 heterocycles. The maximum Gasteiger partial charge on any atom is 0.417 e. The number of anilines is 1. The molecular formula is C20H22F4N4O. The molecule has 9 heteroatoms. The first-order valence-electron chi connectivity index (χ1n) is 9.41. The lowest BCUT2D eigenvalue weighted by Crippen LogP contribution is -2.39. The van der Waals surface area contributed by atoms with Gasteiger partial charge in [0.2, 0.25) is 0 Å². The van der Waals surface area contributed by atoms with Crippen molar-refractivity contribution in [1.82, 2.24) is 15.3 Å². The number of nitrogens with one attached hydrogen (secondary N) is 2. The largest absolute Gasteiger partial charge is 0.417 e. The Morgan fingerprint density at radius 2 is 1.86 bits per heavy atom. The standard InChI is InChI=1S/C20H22F4N4O/c1-12-18(6-14(9-26-12)20(22,23)24)19(29)28-16-4-2-13(3-5-16)8-27-17-7-15(21)10-25-11-17/h6-7,9-11,13,16,27H,2-5,8H2,1H3,(H,28,29). The van der Waals surface area contributed by atoms with Crippen molar-refractivity contribution in [3.63, 3.8) is 0 Å². The number of aryl methyl sites for hydroxylation is 1. The number of hydrogen-bond acceptors (Lipinski definition) is 4. The molecule has 1 aliphatic carbocycles. The minimum absolute atomic E-state index is 0.0535. The molecule has 5 nitrogen and oxygen atoms in total. The van der Waals surface area contributed by atoms with E-state index in [2.05, 4.69) is 20.6 Å². The Morgan fingerprint density at radius 3 is 2.52 bits per heavy atom. The van der Waals surface area contributed by atoms with E-state index < -0.39 is 23.5 Å². The second-order valence-electron chi connectivity index (χ2n) is 7.32. The first kappa shape index (κ1) is 21.0. The highest BCUT2D eigenvalue weighted by atomic mass is 19.4. The van der Waals surface area contributed by atoms with Gasteiger partial charge in [-0.1, -0.05) is 0 Å². The third kappa shape index (κ3) is 5.65. The molecule has 2 aromatic heterocycles. The lowest BCUT2D eigenvalue weighted by atomic mass is 9.86. The van der Waals surface area contributed by atoms with E-state index in [1.54, 1.807) is 6.20 Å². The van der Waals surface area contributed by atoms with Gasteiger partial charge in [-0.2, -0.15) is 13.2 Å². The molecule has 1 fully saturated rings. The van der Waals surface area contributed by atoms with E-state index in [4.69, 9.17) is 0 Å². The van der Waals surface area contributed by atoms with Crippen molar-refractivity contribution < 1.29 is 22.4 Å². The molecule has 29 heavy (non-hydrogen) atoms. The van der Waals surface area contributed by atoms with Crippen LogP contribution in [0.1, 0.15) is 47.3 Å². The van der Waals surface area contributed by atoms with Crippen LogP contribution in [-0.2, 0) is 6.18 Å². The van der Waals surface area contributed by atoms with Gasteiger partial charge in [0, 0.05) is 30.5 Å². The van der Waals surface area contributed by atoms with Crippen LogP contribution in [0.3, 0.4) is 0 Å². The summed E-state index contributed by atoms with van der Waals surface area (Å²) in [7, 11) is 0. The third-order valence-corrected chi connectivity index (χ3v) is 5.14. The van der Waals surface area contributed by atoms with Gasteiger partial charge in [0.25, 0.3) is 5.91 Å². The summed E-state index contributed by atoms with van der Waals surface area (Å²) in [5.74, 6) is -0.572. The van der Waals surface area contributed by atoms with E-state index in [-0.39, 0.29) is 17.3 Å². The minimum atomic E-state index is -4.54. The fourth-order valence-corrected chi connectivity index (χ4v) is 3.46. The summed E-state index contributed by atoms with van der Waals surface area (Å²) >= 11 is 0. The molecule has 2 N–H and O–H groups in total. The number of amides is 1. The number of rotatable bonds is 5. The molecule has 0 unspecified atom stereocenters. The molecule has 0 saturated heterocycles. The molecule has 0 bridgehead atoms. The zero-order valence-electron chi connectivity index (χ0n) is 15.9. The number of pyridine rings is 2. The molecule has 1 aliphatic rings. The second-order valence-corrected chi connectivity index (χ2v) is 7.32. The Hall–Kier alpha value is -2.71. The van der Waals surface area contributed by atoms with Crippen molar-refractivity contribution in [1.29, 1.82) is 0 Å². The van der Waals surface area contributed by atoms with Crippen LogP contribution < -0.4 is 10.6 Å². The van der Waals surface area contributed by atoms with Gasteiger partial charge in [0.1, 0.15) is 5.82 Å². The maximum atomic E-state index is 13.2. The molecule has 2 aromatic rings. The van der Waals surface area contributed by atoms with Gasteiger partial charge in [0.05, 0.1) is 29.2 Å². The van der Waals surface area contributed by atoms with E-state index in [1.165, 1.54) is 13.0 Å². The summed E-state index contributed by atoms with van der Waals surface area (Å²) < 4.78 is 51.8. The topological polar surface area (TPSA) is 66.9 Å². The molecule has 3 rings (SSSR count). The lowest BCUT2D eigenvalue weighted by molar-refractivity contribution is -0.137. The van der Waals surface area contributed by atoms with Crippen molar-refractivity contribution in [2.24, 2.45) is 5.92 Å². The summed E-state index contributed by atoms with van der Waals surface area (Å²) in [6.45, 7) is 2.18. The van der Waals surface area contributed by atoms with E-state index in [0.717, 1.165) is 44.1 Å². The average Bonchev–Trinajstić information content (AvgIpc) is 2.67. The van der Waals surface area contributed by atoms with Crippen LogP contribution in [0.15, 0.2) is 30.7 Å². The summed E-state index contributed by atoms with van der Waals surface area (Å²) in [5, 5.41) is 5.99. The summed E-state index contributed by atoms with van der Waals surface area (Å²) in [6.07, 6.45) is 2.04. The quantitative estimate of drug-likeness (QED) is 0.720. The van der Waals surface area contributed by atoms with Crippen LogP contribution in [0, 0.1) is 18.7 Å². The zero-order valence-corrected chi connectivity index (χ0v) is 15.9. The third-order valence-electron chi connectivity index (χ3n) is 5.14. The number of hydrogen-bond donors (Lipinski definition) is 2. The van der Waals surface area contributed by atoms with Crippen LogP contribution >= 0.6 is 0 Å². The van der Waals surface area contributed by atoms with E-state index in [9.17, 15) is 22.4 Å². The SMILES string of the molecule is Cc1ncc(C(F)(F)F)cc1C(=O)NC1CCC(CNc2cncc(F)c2)CC1. The number of halogens is 4. The normalized spacial score (nSPS) is 19.6. The number of aromatic nitrogens is 2. The van der Waals surface area contributed by atoms with E-state index >= 15 is 0 Å². The summed E-state index contributed by atoms with van der Waals surface area (Å²) in [6, 6.07) is 2.13. The van der Waals surface area contributed by atoms with Gasteiger partial charge < -0.3 is 10.6 Å². The maximum absolute atomic E-state index is 13.2. The summed E-state index contributed by atoms with van der Waals surface area (Å²) in [5.41, 5.74) is -0.109. The highest BCUT2D eigenvalue weighted by Crippen LogP contribution is 2.30. The van der Waals surface area contributed by atoms with Crippen LogP contribution in [0.5, 0.6) is 0 Å². The van der Waals surface area contributed by atoms with Crippen LogP contribution in [-0.4, -0.2) is 28.5 Å². The molecule has 0 atom stereocenters. The number of nitrogens with zero attached hydrogens (tertiary/aromatic N) is 2. The van der Waals surface area contributed by atoms with Crippen molar-refractivity contribution in [3.05, 3.63) is 53.4 Å². The summed E-state index contributed by atoms with van der Waals surface area (Å²) in [4.78, 5) is 20.0. The van der Waals surface area contributed by atoms with Crippen molar-refractivity contribution in [2.45, 2.75) is 44.8 Å². The fraction of sp³-hybridized carbons (Fsp3) is 0.450. The first-order valence-corrected chi connectivity index (χ1v) is 9.41. The van der Waals surface area contributed by atoms with Gasteiger partial charge in [-0.25, -0.2) is 4.39 Å². The molecule has 1 saturated carbocycles. The first-order chi connectivity index (χ1) is 13.7. The van der Waals surface area contributed by atoms with Gasteiger partial charge in [-0.15, -0.1) is 0 Å². The molecular weight excluding hydrogens is 388 g/mol. The van der Waals surface area contributed by atoms with Crippen LogP contribution in [0.4, 0.5) is 23.2 Å². The monoisotopic (exact) mass is 410 g/mol. The van der Waals surface area contributed by atoms with Gasteiger partial charge in [0.15, 0.2) is 0 Å². The Balaban J connectivity index is 1.51. The van der Waals surface area contributed by atoms with Crippen molar-refractivity contribution in [2.75, 3.05) is 11.9 Å². The molecule has 156 valence electrons. The van der Waals surface area contributed by atoms with Crippen molar-refractivity contribution in [3.8, 4) is 0 Å². The Bertz CT molecular complexity index is 864. The van der Waals surface area contributed by atoms with Crippen LogP contribution in [0.25, 0.3) is 0 Å². The molecule has 0 spiro atoms. The zero-order chi connectivity index (χ0) is 21.0. The Morgan fingerprint density at radius 1 is 1.14 bits per heavy atom. The smallest absolute Gasteiger partial charge is 0.383 e. The fourth-order valence-electron chi connectivity index (χ4n) is 3.46. The van der Waals surface area contributed by atoms with Gasteiger partial charge in [-0.05, 0) is 44.6 Å². The predicted molar refractivity (Wildman–Crippen MR) is 99.9 cm³/mol. The number of carbonyl (C=O) groups is 1. The second kappa shape index (κ2) is 8.75. The highest BCUT2D eigenvalue weighted by Gasteiger charge is 2.32. The molecule has 0 aliphatic heterocycles. The predicted octanol–water partition coefficient (Wildman–Crippen LogP) is 4.34. The lowest BCUT2D eigenvalue weighted by Gasteiger charge is -2.29. The van der Waals surface area contributed by atoms with Gasteiger partial charge in [-0.3, -0.25) is 14.8 Å². The van der Waals surface area contributed by atoms with E-state index in [0.29, 0.717) is 18.2 Å². The highest BCUT2D eigenvalue weighted by molar-refractivity contribution is 5.95. The van der Waals surface area contributed by atoms with Crippen LogP contribution in [0.2, 0.25) is 0 Å². The van der Waals surface area contributed by atoms with Gasteiger partial charge >= 0.3 is 6.18 Å². The Kier molecular flexibility index (Phi) is 6.34. The minimum Gasteiger partial charge on any atom is -0.383 e. The molecule has 1 amide bonds. The number of carbonyl (C=O) groups excluding carboxylic acids is 1. The average molecular weight is 410 g/mol.